The largest absolute Gasteiger partial charge is 0.466 e. The van der Waals surface area contributed by atoms with E-state index in [2.05, 4.69) is 59.2 Å². The van der Waals surface area contributed by atoms with Crippen molar-refractivity contribution in [3.05, 3.63) is 41.8 Å². The molecule has 0 saturated heterocycles. The topological polar surface area (TPSA) is 25.2 Å². The van der Waals surface area contributed by atoms with Crippen LogP contribution < -0.4 is 5.32 Å². The smallest absolute Gasteiger partial charge is 0.139 e. The van der Waals surface area contributed by atoms with Crippen LogP contribution in [0.5, 0.6) is 0 Å². The fourth-order valence-electron chi connectivity index (χ4n) is 1.49. The lowest BCUT2D eigenvalue weighted by Gasteiger charge is -2.13. The highest BCUT2D eigenvalue weighted by atomic mass is 79.9. The zero-order chi connectivity index (χ0) is 11.7. The molecule has 0 radical (unpaired) electrons. The third kappa shape index (κ3) is 2.46. The molecular formula is C10H8Br3NOS. The third-order valence-corrected chi connectivity index (χ3v) is 5.23. The zero-order valence-corrected chi connectivity index (χ0v) is 13.8. The van der Waals surface area contributed by atoms with Crippen LogP contribution in [0.25, 0.3) is 0 Å². The zero-order valence-electron chi connectivity index (χ0n) is 8.26. The second-order valence-corrected chi connectivity index (χ2v) is 7.74. The van der Waals surface area contributed by atoms with Crippen molar-refractivity contribution in [2.75, 3.05) is 7.05 Å². The number of thiophene rings is 1. The molecule has 0 amide bonds. The van der Waals surface area contributed by atoms with Crippen molar-refractivity contribution in [1.29, 1.82) is 0 Å². The highest BCUT2D eigenvalue weighted by Gasteiger charge is 2.22. The second kappa shape index (κ2) is 5.35. The van der Waals surface area contributed by atoms with E-state index >= 15 is 0 Å². The number of halogens is 3. The van der Waals surface area contributed by atoms with E-state index in [0.29, 0.717) is 0 Å². The molecule has 0 saturated carbocycles. The van der Waals surface area contributed by atoms with Gasteiger partial charge in [-0.2, -0.15) is 0 Å². The summed E-state index contributed by atoms with van der Waals surface area (Å²) in [6.45, 7) is 0. The Hall–Kier alpha value is 0.380. The minimum Gasteiger partial charge on any atom is -0.466 e. The van der Waals surface area contributed by atoms with Gasteiger partial charge in [-0.25, -0.2) is 0 Å². The fraction of sp³-hybridized carbons (Fsp3) is 0.200. The van der Waals surface area contributed by atoms with E-state index in [-0.39, 0.29) is 6.04 Å². The van der Waals surface area contributed by atoms with Crippen molar-refractivity contribution in [3.63, 3.8) is 0 Å². The van der Waals surface area contributed by atoms with E-state index in [1.54, 1.807) is 17.6 Å². The monoisotopic (exact) mass is 427 g/mol. The number of furan rings is 1. The number of hydrogen-bond acceptors (Lipinski definition) is 3. The van der Waals surface area contributed by atoms with E-state index < -0.39 is 0 Å². The first kappa shape index (κ1) is 12.8. The van der Waals surface area contributed by atoms with Crippen LogP contribution in [0.1, 0.15) is 17.4 Å². The van der Waals surface area contributed by atoms with Gasteiger partial charge in [0.1, 0.15) is 5.76 Å². The van der Waals surface area contributed by atoms with Crippen molar-refractivity contribution in [3.8, 4) is 0 Å². The third-order valence-electron chi connectivity index (χ3n) is 2.19. The maximum atomic E-state index is 5.50. The minimum atomic E-state index is 0.0429. The van der Waals surface area contributed by atoms with Crippen LogP contribution in [0.2, 0.25) is 0 Å². The minimum absolute atomic E-state index is 0.0429. The Morgan fingerprint density at radius 3 is 2.56 bits per heavy atom. The van der Waals surface area contributed by atoms with Gasteiger partial charge in [0.05, 0.1) is 24.4 Å². The van der Waals surface area contributed by atoms with Crippen LogP contribution in [0, 0.1) is 0 Å². The van der Waals surface area contributed by atoms with Gasteiger partial charge in [-0.15, -0.1) is 11.3 Å². The molecule has 2 aromatic rings. The average molecular weight is 430 g/mol. The lowest BCUT2D eigenvalue weighted by atomic mass is 10.1. The first-order chi connectivity index (χ1) is 7.63. The summed E-state index contributed by atoms with van der Waals surface area (Å²) in [5.41, 5.74) is 1.16. The Morgan fingerprint density at radius 1 is 1.38 bits per heavy atom. The first-order valence-corrected chi connectivity index (χ1v) is 7.68. The Balaban J connectivity index is 2.44. The maximum absolute atomic E-state index is 5.50. The Kier molecular flexibility index (Phi) is 4.29. The molecule has 1 unspecified atom stereocenters. The van der Waals surface area contributed by atoms with Crippen molar-refractivity contribution in [2.24, 2.45) is 0 Å². The van der Waals surface area contributed by atoms with Crippen LogP contribution in [0.15, 0.2) is 34.9 Å². The van der Waals surface area contributed by atoms with Gasteiger partial charge in [-0.3, -0.25) is 0 Å². The summed E-state index contributed by atoms with van der Waals surface area (Å²) in [6, 6.07) is 4.03. The molecule has 2 aromatic heterocycles. The number of nitrogens with one attached hydrogen (secondary N) is 1. The van der Waals surface area contributed by atoms with Crippen molar-refractivity contribution >= 4 is 59.1 Å². The van der Waals surface area contributed by atoms with Crippen LogP contribution in [-0.2, 0) is 0 Å². The SMILES string of the molecule is CNC(c1cc(Br)sc1Br)c1occc1Br. The van der Waals surface area contributed by atoms with Crippen LogP contribution in [-0.4, -0.2) is 7.05 Å². The van der Waals surface area contributed by atoms with Crippen LogP contribution in [0.4, 0.5) is 0 Å². The molecule has 16 heavy (non-hydrogen) atoms. The van der Waals surface area contributed by atoms with Crippen LogP contribution in [0.3, 0.4) is 0 Å². The quantitative estimate of drug-likeness (QED) is 0.747. The molecular weight excluding hydrogens is 422 g/mol. The molecule has 1 atom stereocenters. The maximum Gasteiger partial charge on any atom is 0.139 e. The summed E-state index contributed by atoms with van der Waals surface area (Å²) in [5.74, 6) is 0.883. The molecule has 6 heteroatoms. The Labute approximate surface area is 123 Å². The van der Waals surface area contributed by atoms with Crippen molar-refractivity contribution < 1.29 is 4.42 Å². The molecule has 0 aromatic carbocycles. The van der Waals surface area contributed by atoms with E-state index in [9.17, 15) is 0 Å². The summed E-state index contributed by atoms with van der Waals surface area (Å²) >= 11 is 12.2. The van der Waals surface area contributed by atoms with Crippen molar-refractivity contribution in [2.45, 2.75) is 6.04 Å². The molecule has 2 rings (SSSR count). The molecule has 2 heterocycles. The second-order valence-electron chi connectivity index (χ2n) is 3.13. The van der Waals surface area contributed by atoms with Gasteiger partial charge in [0.2, 0.25) is 0 Å². The molecule has 0 aliphatic carbocycles. The number of rotatable bonds is 3. The van der Waals surface area contributed by atoms with E-state index in [0.717, 1.165) is 23.4 Å². The van der Waals surface area contributed by atoms with Gasteiger partial charge in [0.25, 0.3) is 0 Å². The molecule has 0 spiro atoms. The van der Waals surface area contributed by atoms with E-state index in [1.165, 1.54) is 0 Å². The lowest BCUT2D eigenvalue weighted by molar-refractivity contribution is 0.461. The van der Waals surface area contributed by atoms with Gasteiger partial charge in [0, 0.05) is 5.56 Å². The molecule has 1 N–H and O–H groups in total. The van der Waals surface area contributed by atoms with Crippen molar-refractivity contribution in [1.82, 2.24) is 5.32 Å². The summed E-state index contributed by atoms with van der Waals surface area (Å²) in [7, 11) is 1.91. The molecule has 86 valence electrons. The summed E-state index contributed by atoms with van der Waals surface area (Å²) in [6.07, 6.45) is 1.68. The van der Waals surface area contributed by atoms with Gasteiger partial charge >= 0.3 is 0 Å². The highest BCUT2D eigenvalue weighted by Crippen LogP contribution is 2.39. The first-order valence-electron chi connectivity index (χ1n) is 4.48. The molecule has 0 fully saturated rings. The number of hydrogen-bond donors (Lipinski definition) is 1. The van der Waals surface area contributed by atoms with E-state index in [1.807, 2.05) is 13.1 Å². The normalized spacial score (nSPS) is 13.0. The molecule has 2 nitrogen and oxygen atoms in total. The predicted octanol–water partition coefficient (Wildman–Crippen LogP) is 4.94. The molecule has 0 aliphatic heterocycles. The summed E-state index contributed by atoms with van der Waals surface area (Å²) in [4.78, 5) is 0. The predicted molar refractivity (Wildman–Crippen MR) is 77.0 cm³/mol. The van der Waals surface area contributed by atoms with Gasteiger partial charge < -0.3 is 9.73 Å². The fourth-order valence-corrected chi connectivity index (χ4v) is 4.82. The van der Waals surface area contributed by atoms with Crippen LogP contribution >= 0.6 is 59.1 Å². The Morgan fingerprint density at radius 2 is 2.12 bits per heavy atom. The van der Waals surface area contributed by atoms with Gasteiger partial charge in [0.15, 0.2) is 0 Å². The Bertz CT molecular complexity index is 494. The lowest BCUT2D eigenvalue weighted by Crippen LogP contribution is -2.17. The van der Waals surface area contributed by atoms with Gasteiger partial charge in [-0.1, -0.05) is 0 Å². The van der Waals surface area contributed by atoms with E-state index in [4.69, 9.17) is 4.42 Å². The summed E-state index contributed by atoms with van der Waals surface area (Å²) in [5, 5.41) is 3.25. The highest BCUT2D eigenvalue weighted by molar-refractivity contribution is 9.12. The summed E-state index contributed by atoms with van der Waals surface area (Å²) < 4.78 is 8.66. The average Bonchev–Trinajstić information content (AvgIpc) is 2.77. The molecule has 0 aliphatic rings. The van der Waals surface area contributed by atoms with Gasteiger partial charge in [-0.05, 0) is 67.0 Å². The standard InChI is InChI=1S/C10H8Br3NOS/c1-14-8(9-6(11)2-3-15-9)5-4-7(12)16-10(5)13/h2-4,8,14H,1H3. The molecule has 0 bridgehead atoms.